The lowest BCUT2D eigenvalue weighted by molar-refractivity contribution is -0.329. The van der Waals surface area contributed by atoms with E-state index in [1.54, 1.807) is 97.0 Å². The monoisotopic (exact) mass is 807 g/mol. The van der Waals surface area contributed by atoms with E-state index < -0.39 is 101 Å². The number of Topliss-reactive ketones (excluding diaryl/α,β-unsaturated/α-hetero) is 1. The fraction of sp³-hybridized carbons (Fsp3) is 0.568. The van der Waals surface area contributed by atoms with Crippen molar-refractivity contribution in [3.8, 4) is 0 Å². The Morgan fingerprint density at radius 2 is 1.57 bits per heavy atom. The number of aliphatic hydroxyl groups excluding tert-OH is 2. The Morgan fingerprint density at radius 1 is 0.966 bits per heavy atom. The predicted octanol–water partition coefficient (Wildman–Crippen LogP) is 4.93. The SMILES string of the molecule is CC(=O)O[C@@]12COC1CC[C@@](C)(C(C)=O)[C@@H]2C(OC(=O)c1ccccc1)[C@]1(O)C[C@H](OC(=O)[C@H](O)[C@@H](NC(=O)OC(C)(C)C)c2ccccc2)C(C)=C(CO)C1(C)C. The Morgan fingerprint density at radius 3 is 2.09 bits per heavy atom. The van der Waals surface area contributed by atoms with Crippen LogP contribution < -0.4 is 5.32 Å². The number of amides is 1. The molecule has 316 valence electrons. The Hall–Kier alpha value is -4.63. The molecule has 1 saturated carbocycles. The molecule has 2 aromatic rings. The van der Waals surface area contributed by atoms with Gasteiger partial charge in [0.1, 0.15) is 35.3 Å². The van der Waals surface area contributed by atoms with Crippen LogP contribution in [0.25, 0.3) is 0 Å². The molecule has 2 fully saturated rings. The summed E-state index contributed by atoms with van der Waals surface area (Å²) < 4.78 is 29.9. The highest BCUT2D eigenvalue weighted by Gasteiger charge is 2.73. The Kier molecular flexibility index (Phi) is 12.7. The number of hydrogen-bond donors (Lipinski definition) is 4. The van der Waals surface area contributed by atoms with E-state index in [0.29, 0.717) is 17.6 Å². The van der Waals surface area contributed by atoms with Crippen molar-refractivity contribution < 1.29 is 63.0 Å². The van der Waals surface area contributed by atoms with Gasteiger partial charge < -0.3 is 44.3 Å². The van der Waals surface area contributed by atoms with Crippen molar-refractivity contribution in [3.63, 3.8) is 0 Å². The van der Waals surface area contributed by atoms with Crippen molar-refractivity contribution in [2.75, 3.05) is 13.2 Å². The standard InChI is InChI=1S/C44H57NO13/c1-25-30(23-46)41(7,8)44(53,22-31(25)55-38(51)34(49)33(28-16-12-10-13-17-28)45-39(52)58-40(4,5)6)36(56-37(50)29-18-14-11-15-19-29)35-42(9,26(2)47)21-20-32-43(35,24-54-32)57-27(3)48/h10-19,31-36,46,49,53H,20-24H2,1-9H3,(H,45,52)/t31-,32?,33-,34+,35-,36?,42-,43-,44+/m0/s1. The quantitative estimate of drug-likeness (QED) is 0.128. The van der Waals surface area contributed by atoms with Crippen LogP contribution in [0.2, 0.25) is 0 Å². The zero-order valence-corrected chi connectivity index (χ0v) is 34.7. The average molecular weight is 808 g/mol. The van der Waals surface area contributed by atoms with Gasteiger partial charge in [0, 0.05) is 24.2 Å². The van der Waals surface area contributed by atoms with Crippen LogP contribution in [0.4, 0.5) is 4.79 Å². The third-order valence-electron chi connectivity index (χ3n) is 12.4. The molecule has 0 aromatic heterocycles. The minimum atomic E-state index is -2.26. The summed E-state index contributed by atoms with van der Waals surface area (Å²) in [6, 6.07) is 15.0. The van der Waals surface area contributed by atoms with Crippen LogP contribution in [0.15, 0.2) is 71.8 Å². The van der Waals surface area contributed by atoms with Crippen molar-refractivity contribution in [3.05, 3.63) is 82.9 Å². The van der Waals surface area contributed by atoms with Crippen LogP contribution in [0.5, 0.6) is 0 Å². The van der Waals surface area contributed by atoms with E-state index in [4.69, 9.17) is 23.7 Å². The lowest BCUT2D eigenvalue weighted by Gasteiger charge is -2.64. The highest BCUT2D eigenvalue weighted by atomic mass is 16.6. The molecule has 3 aliphatic rings. The number of nitrogens with one attached hydrogen (secondary N) is 1. The highest BCUT2D eigenvalue weighted by molar-refractivity contribution is 5.90. The molecule has 0 spiro atoms. The molecule has 14 nitrogen and oxygen atoms in total. The number of ether oxygens (including phenoxy) is 5. The van der Waals surface area contributed by atoms with Crippen LogP contribution >= 0.6 is 0 Å². The van der Waals surface area contributed by atoms with E-state index in [2.05, 4.69) is 5.32 Å². The maximum atomic E-state index is 14.2. The van der Waals surface area contributed by atoms with Gasteiger partial charge in [-0.1, -0.05) is 69.3 Å². The van der Waals surface area contributed by atoms with E-state index >= 15 is 0 Å². The summed E-state index contributed by atoms with van der Waals surface area (Å²) in [6.45, 7) is 13.4. The van der Waals surface area contributed by atoms with E-state index in [9.17, 15) is 39.3 Å². The summed E-state index contributed by atoms with van der Waals surface area (Å²) in [5.74, 6) is -4.21. The molecule has 0 bridgehead atoms. The molecule has 58 heavy (non-hydrogen) atoms. The predicted molar refractivity (Wildman–Crippen MR) is 209 cm³/mol. The lowest BCUT2D eigenvalue weighted by atomic mass is 9.49. The third-order valence-corrected chi connectivity index (χ3v) is 12.4. The third kappa shape index (κ3) is 8.29. The highest BCUT2D eigenvalue weighted by Crippen LogP contribution is 2.61. The van der Waals surface area contributed by atoms with Crippen LogP contribution in [0, 0.1) is 16.7 Å². The van der Waals surface area contributed by atoms with E-state index in [1.165, 1.54) is 26.0 Å². The van der Waals surface area contributed by atoms with Gasteiger partial charge in [-0.05, 0) is 76.3 Å². The topological polar surface area (TPSA) is 204 Å². The fourth-order valence-corrected chi connectivity index (χ4v) is 9.07. The molecule has 1 saturated heterocycles. The van der Waals surface area contributed by atoms with Gasteiger partial charge in [-0.25, -0.2) is 14.4 Å². The number of carbonyl (C=O) groups excluding carboxylic acids is 5. The second-order valence-corrected chi connectivity index (χ2v) is 17.5. The fourth-order valence-electron chi connectivity index (χ4n) is 9.07. The number of aliphatic hydroxyl groups is 3. The molecule has 9 atom stereocenters. The van der Waals surface area contributed by atoms with Gasteiger partial charge in [0.05, 0.1) is 30.7 Å². The minimum Gasteiger partial charge on any atom is -0.456 e. The number of ketones is 1. The van der Waals surface area contributed by atoms with Gasteiger partial charge in [0.15, 0.2) is 11.7 Å². The maximum Gasteiger partial charge on any atom is 0.408 e. The number of rotatable bonds is 12. The Bertz CT molecular complexity index is 1910. The number of hydrogen-bond acceptors (Lipinski definition) is 13. The molecule has 2 aromatic carbocycles. The largest absolute Gasteiger partial charge is 0.456 e. The van der Waals surface area contributed by atoms with Gasteiger partial charge in [-0.15, -0.1) is 0 Å². The van der Waals surface area contributed by atoms with Crippen LogP contribution in [0.3, 0.4) is 0 Å². The average Bonchev–Trinajstić information content (AvgIpc) is 3.14. The van der Waals surface area contributed by atoms with Crippen molar-refractivity contribution in [1.29, 1.82) is 0 Å². The number of fused-ring (bicyclic) bond motifs is 1. The molecule has 2 aliphatic carbocycles. The van der Waals surface area contributed by atoms with Crippen molar-refractivity contribution in [1.82, 2.24) is 5.32 Å². The second-order valence-electron chi connectivity index (χ2n) is 17.5. The number of benzene rings is 2. The number of alkyl carbamates (subject to hydrolysis) is 1. The van der Waals surface area contributed by atoms with E-state index in [1.807, 2.05) is 0 Å². The van der Waals surface area contributed by atoms with Gasteiger partial charge in [-0.3, -0.25) is 9.59 Å². The van der Waals surface area contributed by atoms with Gasteiger partial charge in [0.2, 0.25) is 0 Å². The summed E-state index contributed by atoms with van der Waals surface area (Å²) in [4.78, 5) is 67.9. The Labute approximate surface area is 339 Å². The number of carbonyl (C=O) groups is 5. The molecule has 1 aliphatic heterocycles. The summed E-state index contributed by atoms with van der Waals surface area (Å²) in [6.07, 6.45) is -6.48. The normalized spacial score (nSPS) is 29.3. The van der Waals surface area contributed by atoms with Crippen LogP contribution in [-0.2, 0) is 38.1 Å². The zero-order chi connectivity index (χ0) is 43.0. The van der Waals surface area contributed by atoms with Crippen molar-refractivity contribution >= 4 is 29.8 Å². The molecule has 2 unspecified atom stereocenters. The van der Waals surface area contributed by atoms with Crippen LogP contribution in [0.1, 0.15) is 104 Å². The van der Waals surface area contributed by atoms with Gasteiger partial charge in [0.25, 0.3) is 0 Å². The molecular formula is C44H57NO13. The molecule has 1 heterocycles. The molecule has 0 radical (unpaired) electrons. The van der Waals surface area contributed by atoms with E-state index in [0.717, 1.165) is 0 Å². The van der Waals surface area contributed by atoms with Crippen molar-refractivity contribution in [2.45, 2.75) is 129 Å². The first-order valence-corrected chi connectivity index (χ1v) is 19.6. The number of esters is 3. The first-order chi connectivity index (χ1) is 27.0. The van der Waals surface area contributed by atoms with Gasteiger partial charge in [-0.2, -0.15) is 0 Å². The smallest absolute Gasteiger partial charge is 0.408 e. The zero-order valence-electron chi connectivity index (χ0n) is 34.7. The summed E-state index contributed by atoms with van der Waals surface area (Å²) in [5, 5.41) is 38.6. The molecule has 5 rings (SSSR count). The maximum absolute atomic E-state index is 14.2. The summed E-state index contributed by atoms with van der Waals surface area (Å²) in [7, 11) is 0. The molecule has 1 amide bonds. The molecule has 4 N–H and O–H groups in total. The molecular weight excluding hydrogens is 750 g/mol. The lowest BCUT2D eigenvalue weighted by Crippen LogP contribution is -2.77. The summed E-state index contributed by atoms with van der Waals surface area (Å²) >= 11 is 0. The minimum absolute atomic E-state index is 0.137. The van der Waals surface area contributed by atoms with Gasteiger partial charge >= 0.3 is 24.0 Å². The first-order valence-electron chi connectivity index (χ1n) is 19.6. The second kappa shape index (κ2) is 16.6. The van der Waals surface area contributed by atoms with Crippen molar-refractivity contribution in [2.24, 2.45) is 16.7 Å². The summed E-state index contributed by atoms with van der Waals surface area (Å²) in [5.41, 5.74) is -6.37. The first kappa shape index (κ1) is 44.5. The van der Waals surface area contributed by atoms with E-state index in [-0.39, 0.29) is 29.9 Å². The Balaban J connectivity index is 1.63. The van der Waals surface area contributed by atoms with Crippen LogP contribution in [-0.4, -0.2) is 99.5 Å². The molecule has 14 heteroatoms.